The quantitative estimate of drug-likeness (QED) is 0.897. The summed E-state index contributed by atoms with van der Waals surface area (Å²) >= 11 is 3.61. The van der Waals surface area contributed by atoms with E-state index in [2.05, 4.69) is 38.0 Å². The van der Waals surface area contributed by atoms with Gasteiger partial charge in [0.2, 0.25) is 0 Å². The smallest absolute Gasteiger partial charge is 0.136 e. The minimum absolute atomic E-state index is 0.285. The van der Waals surface area contributed by atoms with Crippen molar-refractivity contribution in [3.05, 3.63) is 22.6 Å². The van der Waals surface area contributed by atoms with E-state index in [1.807, 2.05) is 6.07 Å². The Balaban J connectivity index is 1.81. The predicted octanol–water partition coefficient (Wildman–Crippen LogP) is 2.08. The van der Waals surface area contributed by atoms with Gasteiger partial charge >= 0.3 is 0 Å². The molecule has 0 amide bonds. The average Bonchev–Trinajstić information content (AvgIpc) is 2.87. The van der Waals surface area contributed by atoms with Crippen molar-refractivity contribution in [2.75, 3.05) is 39.3 Å². The molecule has 1 N–H and O–H groups in total. The van der Waals surface area contributed by atoms with Gasteiger partial charge in [-0.1, -0.05) is 6.92 Å². The van der Waals surface area contributed by atoms with Crippen LogP contribution in [0, 0.1) is 0 Å². The summed E-state index contributed by atoms with van der Waals surface area (Å²) in [4.78, 5) is 5.18. The maximum atomic E-state index is 5.73. The summed E-state index contributed by atoms with van der Waals surface area (Å²) in [7, 11) is 0. The fourth-order valence-electron chi connectivity index (χ4n) is 3.20. The van der Waals surface area contributed by atoms with Gasteiger partial charge in [0.05, 0.1) is 16.8 Å². The maximum absolute atomic E-state index is 5.73. The summed E-state index contributed by atoms with van der Waals surface area (Å²) in [5.74, 6) is 1.05. The van der Waals surface area contributed by atoms with Crippen molar-refractivity contribution in [3.8, 4) is 0 Å². The van der Waals surface area contributed by atoms with Gasteiger partial charge in [-0.2, -0.15) is 0 Å². The molecule has 0 radical (unpaired) electrons. The van der Waals surface area contributed by atoms with E-state index in [9.17, 15) is 0 Å². The van der Waals surface area contributed by atoms with E-state index in [0.717, 1.165) is 29.7 Å². The minimum atomic E-state index is 0.285. The molecule has 0 aromatic carbocycles. The SMILES string of the molecule is CCCNC(c1occc1Br)C1CN2CCN1CC2. The van der Waals surface area contributed by atoms with Gasteiger partial charge in [-0.3, -0.25) is 9.80 Å². The topological polar surface area (TPSA) is 31.7 Å². The fraction of sp³-hybridized carbons (Fsp3) is 0.714. The minimum Gasteiger partial charge on any atom is -0.466 e. The van der Waals surface area contributed by atoms with Crippen LogP contribution in [0.3, 0.4) is 0 Å². The number of nitrogens with zero attached hydrogens (tertiary/aromatic N) is 2. The molecule has 0 spiro atoms. The third-order valence-electron chi connectivity index (χ3n) is 4.25. The van der Waals surface area contributed by atoms with E-state index >= 15 is 0 Å². The Labute approximate surface area is 123 Å². The van der Waals surface area contributed by atoms with Crippen LogP contribution in [0.2, 0.25) is 0 Å². The zero-order valence-electron chi connectivity index (χ0n) is 11.4. The molecule has 2 bridgehead atoms. The highest BCUT2D eigenvalue weighted by Crippen LogP contribution is 2.32. The fourth-order valence-corrected chi connectivity index (χ4v) is 3.65. The first-order valence-corrected chi connectivity index (χ1v) is 8.01. The van der Waals surface area contributed by atoms with Crippen molar-refractivity contribution in [1.82, 2.24) is 15.1 Å². The molecule has 3 fully saturated rings. The summed E-state index contributed by atoms with van der Waals surface area (Å²) in [6.45, 7) is 9.20. The number of halogens is 1. The Morgan fingerprint density at radius 3 is 2.74 bits per heavy atom. The van der Waals surface area contributed by atoms with Gasteiger partial charge < -0.3 is 9.73 Å². The highest BCUT2D eigenvalue weighted by Gasteiger charge is 2.38. The van der Waals surface area contributed by atoms with Gasteiger partial charge in [0, 0.05) is 38.8 Å². The first kappa shape index (κ1) is 13.6. The molecule has 0 aliphatic carbocycles. The molecule has 0 saturated carbocycles. The molecule has 3 aliphatic rings. The van der Waals surface area contributed by atoms with Crippen LogP contribution in [0.15, 0.2) is 21.2 Å². The van der Waals surface area contributed by atoms with E-state index in [0.29, 0.717) is 6.04 Å². The lowest BCUT2D eigenvalue weighted by atomic mass is 9.98. The van der Waals surface area contributed by atoms with Gasteiger partial charge in [-0.05, 0) is 35.0 Å². The zero-order chi connectivity index (χ0) is 13.2. The number of hydrogen-bond acceptors (Lipinski definition) is 4. The molecule has 2 atom stereocenters. The van der Waals surface area contributed by atoms with Crippen molar-refractivity contribution in [2.45, 2.75) is 25.4 Å². The second-order valence-electron chi connectivity index (χ2n) is 5.47. The number of furan rings is 1. The van der Waals surface area contributed by atoms with Crippen molar-refractivity contribution in [1.29, 1.82) is 0 Å². The van der Waals surface area contributed by atoms with Gasteiger partial charge in [-0.25, -0.2) is 0 Å². The Morgan fingerprint density at radius 1 is 1.42 bits per heavy atom. The summed E-state index contributed by atoms with van der Waals surface area (Å²) in [6, 6.07) is 2.80. The molecular formula is C14H22BrN3O. The van der Waals surface area contributed by atoms with Crippen molar-refractivity contribution in [3.63, 3.8) is 0 Å². The van der Waals surface area contributed by atoms with Crippen molar-refractivity contribution >= 4 is 15.9 Å². The van der Waals surface area contributed by atoms with Crippen LogP contribution in [0.4, 0.5) is 0 Å². The molecule has 5 heteroatoms. The van der Waals surface area contributed by atoms with Crippen LogP contribution < -0.4 is 5.32 Å². The normalized spacial score (nSPS) is 31.6. The maximum Gasteiger partial charge on any atom is 0.136 e. The van der Waals surface area contributed by atoms with Crippen LogP contribution in [0.1, 0.15) is 25.1 Å². The Morgan fingerprint density at radius 2 is 2.21 bits per heavy atom. The number of rotatable bonds is 5. The standard InChI is InChI=1S/C14H22BrN3O/c1-2-4-16-13(14-11(15)3-9-19-14)12-10-17-5-7-18(12)8-6-17/h3,9,12-13,16H,2,4-8,10H2,1H3. The largest absolute Gasteiger partial charge is 0.466 e. The van der Waals surface area contributed by atoms with E-state index in [4.69, 9.17) is 4.42 Å². The van der Waals surface area contributed by atoms with E-state index in [1.165, 1.54) is 26.2 Å². The highest BCUT2D eigenvalue weighted by molar-refractivity contribution is 9.10. The first-order chi connectivity index (χ1) is 9.29. The molecule has 4 rings (SSSR count). The van der Waals surface area contributed by atoms with Crippen molar-refractivity contribution in [2.24, 2.45) is 0 Å². The summed E-state index contributed by atoms with van der Waals surface area (Å²) in [6.07, 6.45) is 2.92. The Hall–Kier alpha value is -0.360. The lowest BCUT2D eigenvalue weighted by Gasteiger charge is -2.49. The zero-order valence-corrected chi connectivity index (χ0v) is 13.0. The second kappa shape index (κ2) is 5.95. The molecule has 1 aromatic heterocycles. The third-order valence-corrected chi connectivity index (χ3v) is 4.90. The van der Waals surface area contributed by atoms with Crippen LogP contribution in [-0.4, -0.2) is 55.1 Å². The summed E-state index contributed by atoms with van der Waals surface area (Å²) in [5.41, 5.74) is 0. The van der Waals surface area contributed by atoms with Gasteiger partial charge in [0.1, 0.15) is 5.76 Å². The van der Waals surface area contributed by atoms with Gasteiger partial charge in [0.15, 0.2) is 0 Å². The van der Waals surface area contributed by atoms with E-state index in [-0.39, 0.29) is 6.04 Å². The summed E-state index contributed by atoms with van der Waals surface area (Å²) in [5, 5.41) is 3.68. The third kappa shape index (κ3) is 2.75. The predicted molar refractivity (Wildman–Crippen MR) is 79.2 cm³/mol. The van der Waals surface area contributed by atoms with Crippen LogP contribution in [0.25, 0.3) is 0 Å². The van der Waals surface area contributed by atoms with E-state index in [1.54, 1.807) is 6.26 Å². The first-order valence-electron chi connectivity index (χ1n) is 7.22. The number of nitrogens with one attached hydrogen (secondary N) is 1. The molecule has 4 heterocycles. The van der Waals surface area contributed by atoms with Gasteiger partial charge in [-0.15, -0.1) is 0 Å². The molecule has 2 unspecified atom stereocenters. The second-order valence-corrected chi connectivity index (χ2v) is 6.32. The molecule has 3 saturated heterocycles. The Kier molecular flexibility index (Phi) is 4.27. The van der Waals surface area contributed by atoms with Crippen LogP contribution in [0.5, 0.6) is 0 Å². The van der Waals surface area contributed by atoms with Gasteiger partial charge in [0.25, 0.3) is 0 Å². The monoisotopic (exact) mass is 327 g/mol. The highest BCUT2D eigenvalue weighted by atomic mass is 79.9. The molecule has 3 aliphatic heterocycles. The summed E-state index contributed by atoms with van der Waals surface area (Å²) < 4.78 is 6.81. The number of piperazine rings is 3. The molecule has 4 nitrogen and oxygen atoms in total. The number of hydrogen-bond donors (Lipinski definition) is 1. The molecule has 1 aromatic rings. The molecular weight excluding hydrogens is 306 g/mol. The van der Waals surface area contributed by atoms with E-state index < -0.39 is 0 Å². The average molecular weight is 328 g/mol. The van der Waals surface area contributed by atoms with Crippen molar-refractivity contribution < 1.29 is 4.42 Å². The van der Waals surface area contributed by atoms with Crippen LogP contribution >= 0.6 is 15.9 Å². The number of fused-ring (bicyclic) bond motifs is 3. The Bertz CT molecular complexity index is 415. The lowest BCUT2D eigenvalue weighted by molar-refractivity contribution is -0.00698. The van der Waals surface area contributed by atoms with Crippen LogP contribution in [-0.2, 0) is 0 Å². The molecule has 19 heavy (non-hydrogen) atoms. The molecule has 106 valence electrons. The lowest BCUT2D eigenvalue weighted by Crippen LogP contribution is -2.64.